The minimum atomic E-state index is -0.675. The van der Waals surface area contributed by atoms with E-state index in [-0.39, 0.29) is 24.1 Å². The number of hydrogen-bond donors (Lipinski definition) is 0. The molecule has 29 heavy (non-hydrogen) atoms. The van der Waals surface area contributed by atoms with Crippen LogP contribution in [0.25, 0.3) is 0 Å². The van der Waals surface area contributed by atoms with Gasteiger partial charge in [-0.3, -0.25) is 19.3 Å². The van der Waals surface area contributed by atoms with Crippen molar-refractivity contribution in [2.75, 3.05) is 13.7 Å². The summed E-state index contributed by atoms with van der Waals surface area (Å²) in [6, 6.07) is 22.7. The van der Waals surface area contributed by atoms with Gasteiger partial charge in [0.25, 0.3) is 11.8 Å². The van der Waals surface area contributed by atoms with E-state index in [0.717, 1.165) is 5.56 Å². The van der Waals surface area contributed by atoms with E-state index in [4.69, 9.17) is 4.74 Å². The van der Waals surface area contributed by atoms with Gasteiger partial charge in [0.2, 0.25) is 0 Å². The van der Waals surface area contributed by atoms with Gasteiger partial charge in [-0.1, -0.05) is 54.6 Å². The molecule has 0 fully saturated rings. The van der Waals surface area contributed by atoms with Gasteiger partial charge in [-0.15, -0.1) is 0 Å². The zero-order valence-corrected chi connectivity index (χ0v) is 15.9. The van der Waals surface area contributed by atoms with Gasteiger partial charge in [-0.05, 0) is 29.8 Å². The summed E-state index contributed by atoms with van der Waals surface area (Å²) in [5.74, 6) is -0.895. The first-order chi connectivity index (χ1) is 14.1. The summed E-state index contributed by atoms with van der Waals surface area (Å²) in [5, 5.41) is 0. The molecule has 2 amide bonds. The minimum Gasteiger partial charge on any atom is -0.497 e. The molecule has 0 spiro atoms. The van der Waals surface area contributed by atoms with Crippen LogP contribution in [0.1, 0.15) is 42.6 Å². The second kappa shape index (κ2) is 7.72. The minimum absolute atomic E-state index is 0.0214. The highest BCUT2D eigenvalue weighted by Gasteiger charge is 2.38. The van der Waals surface area contributed by atoms with Gasteiger partial charge in [0.05, 0.1) is 24.2 Å². The summed E-state index contributed by atoms with van der Waals surface area (Å²) in [7, 11) is 1.57. The summed E-state index contributed by atoms with van der Waals surface area (Å²) < 4.78 is 5.20. The summed E-state index contributed by atoms with van der Waals surface area (Å²) in [4.78, 5) is 40.1. The van der Waals surface area contributed by atoms with Crippen molar-refractivity contribution >= 4 is 17.6 Å². The highest BCUT2D eigenvalue weighted by atomic mass is 16.5. The first-order valence-corrected chi connectivity index (χ1v) is 9.28. The number of amides is 2. The van der Waals surface area contributed by atoms with Gasteiger partial charge in [0.1, 0.15) is 5.75 Å². The monoisotopic (exact) mass is 385 g/mol. The molecular weight excluding hydrogens is 366 g/mol. The lowest BCUT2D eigenvalue weighted by atomic mass is 9.90. The predicted octanol–water partition coefficient (Wildman–Crippen LogP) is 3.96. The number of methoxy groups -OCH3 is 1. The molecule has 1 heterocycles. The lowest BCUT2D eigenvalue weighted by Gasteiger charge is -2.22. The Labute approximate surface area is 168 Å². The van der Waals surface area contributed by atoms with Crippen LogP contribution in [-0.4, -0.2) is 36.2 Å². The maximum Gasteiger partial charge on any atom is 0.261 e. The summed E-state index contributed by atoms with van der Waals surface area (Å²) in [6.07, 6.45) is 0. The van der Waals surface area contributed by atoms with Gasteiger partial charge in [-0.25, -0.2) is 0 Å². The number of Topliss-reactive ketones (excluding diaryl/α,β-unsaturated/α-hetero) is 1. The molecule has 5 heteroatoms. The lowest BCUT2D eigenvalue weighted by molar-refractivity contribution is 0.0638. The van der Waals surface area contributed by atoms with E-state index in [0.29, 0.717) is 22.4 Å². The molecule has 1 atom stereocenters. The molecule has 0 aliphatic carbocycles. The predicted molar refractivity (Wildman–Crippen MR) is 108 cm³/mol. The van der Waals surface area contributed by atoms with Crippen molar-refractivity contribution in [1.29, 1.82) is 0 Å². The molecule has 0 aromatic heterocycles. The number of nitrogens with zero attached hydrogens (tertiary/aromatic N) is 1. The van der Waals surface area contributed by atoms with Gasteiger partial charge in [-0.2, -0.15) is 0 Å². The van der Waals surface area contributed by atoms with Crippen molar-refractivity contribution in [2.24, 2.45) is 0 Å². The SMILES string of the molecule is COc1ccc(C(CN2C(=O)c3ccccc3C2=O)C(=O)c2ccccc2)cc1. The van der Waals surface area contributed by atoms with Crippen LogP contribution >= 0.6 is 0 Å². The third-order valence-electron chi connectivity index (χ3n) is 5.14. The Morgan fingerprint density at radius 1 is 0.828 bits per heavy atom. The normalized spacial score (nSPS) is 13.9. The fourth-order valence-corrected chi connectivity index (χ4v) is 3.57. The van der Waals surface area contributed by atoms with E-state index in [1.807, 2.05) is 6.07 Å². The Bertz CT molecular complexity index is 1040. The smallest absolute Gasteiger partial charge is 0.261 e. The van der Waals surface area contributed by atoms with Crippen LogP contribution in [0.3, 0.4) is 0 Å². The van der Waals surface area contributed by atoms with Crippen LogP contribution in [-0.2, 0) is 0 Å². The number of fused-ring (bicyclic) bond motifs is 1. The highest BCUT2D eigenvalue weighted by molar-refractivity contribution is 6.21. The molecule has 0 saturated carbocycles. The summed E-state index contributed by atoms with van der Waals surface area (Å²) in [6.45, 7) is -0.0214. The molecule has 0 radical (unpaired) electrons. The number of rotatable bonds is 6. The number of hydrogen-bond acceptors (Lipinski definition) is 4. The van der Waals surface area contributed by atoms with Gasteiger partial charge >= 0.3 is 0 Å². The van der Waals surface area contributed by atoms with Crippen molar-refractivity contribution in [3.63, 3.8) is 0 Å². The van der Waals surface area contributed by atoms with Crippen LogP contribution in [0.4, 0.5) is 0 Å². The third-order valence-corrected chi connectivity index (χ3v) is 5.14. The molecule has 0 bridgehead atoms. The van der Waals surface area contributed by atoms with Gasteiger partial charge < -0.3 is 4.74 Å². The fourth-order valence-electron chi connectivity index (χ4n) is 3.57. The third kappa shape index (κ3) is 3.43. The molecule has 0 saturated heterocycles. The first kappa shape index (κ1) is 18.6. The molecule has 3 aromatic carbocycles. The maximum atomic E-state index is 13.3. The van der Waals surface area contributed by atoms with Crippen LogP contribution in [0.15, 0.2) is 78.9 Å². The van der Waals surface area contributed by atoms with Crippen molar-refractivity contribution < 1.29 is 19.1 Å². The van der Waals surface area contributed by atoms with Crippen molar-refractivity contribution in [1.82, 2.24) is 4.90 Å². The number of carbonyl (C=O) groups is 3. The van der Waals surface area contributed by atoms with Gasteiger partial charge in [0, 0.05) is 12.1 Å². The Hall–Kier alpha value is -3.73. The average Bonchev–Trinajstić information content (AvgIpc) is 3.02. The van der Waals surface area contributed by atoms with Crippen molar-refractivity contribution in [3.8, 4) is 5.75 Å². The van der Waals surface area contributed by atoms with E-state index >= 15 is 0 Å². The second-order valence-electron chi connectivity index (χ2n) is 6.82. The van der Waals surface area contributed by atoms with Gasteiger partial charge in [0.15, 0.2) is 5.78 Å². The zero-order valence-electron chi connectivity index (χ0n) is 15.9. The van der Waals surface area contributed by atoms with E-state index in [2.05, 4.69) is 0 Å². The largest absolute Gasteiger partial charge is 0.497 e. The van der Waals surface area contributed by atoms with Crippen LogP contribution < -0.4 is 4.74 Å². The van der Waals surface area contributed by atoms with E-state index < -0.39 is 5.92 Å². The van der Waals surface area contributed by atoms with E-state index in [1.165, 1.54) is 4.90 Å². The lowest BCUT2D eigenvalue weighted by Crippen LogP contribution is -2.36. The topological polar surface area (TPSA) is 63.7 Å². The standard InChI is InChI=1S/C24H19NO4/c1-29-18-13-11-16(12-14-18)21(22(26)17-7-3-2-4-8-17)15-25-23(27)19-9-5-6-10-20(19)24(25)28/h2-14,21H,15H2,1H3. The number of ether oxygens (including phenoxy) is 1. The van der Waals surface area contributed by atoms with E-state index in [9.17, 15) is 14.4 Å². The van der Waals surface area contributed by atoms with Crippen molar-refractivity contribution in [2.45, 2.75) is 5.92 Å². The quantitative estimate of drug-likeness (QED) is 0.476. The second-order valence-corrected chi connectivity index (χ2v) is 6.82. The fraction of sp³-hybridized carbons (Fsp3) is 0.125. The van der Waals surface area contributed by atoms with Crippen LogP contribution in [0.5, 0.6) is 5.75 Å². The number of ketones is 1. The summed E-state index contributed by atoms with van der Waals surface area (Å²) >= 11 is 0. The molecule has 3 aromatic rings. The Morgan fingerprint density at radius 3 is 1.93 bits per heavy atom. The Kier molecular flexibility index (Phi) is 4.96. The molecule has 0 N–H and O–H groups in total. The molecular formula is C24H19NO4. The molecule has 1 aliphatic heterocycles. The molecule has 5 nitrogen and oxygen atoms in total. The average molecular weight is 385 g/mol. The van der Waals surface area contributed by atoms with Crippen LogP contribution in [0, 0.1) is 0 Å². The summed E-state index contributed by atoms with van der Waals surface area (Å²) in [5.41, 5.74) is 2.00. The molecule has 4 rings (SSSR count). The zero-order chi connectivity index (χ0) is 20.4. The number of carbonyl (C=O) groups excluding carboxylic acids is 3. The maximum absolute atomic E-state index is 13.3. The highest BCUT2D eigenvalue weighted by Crippen LogP contribution is 2.29. The Morgan fingerprint density at radius 2 is 1.38 bits per heavy atom. The number of imide groups is 1. The Balaban J connectivity index is 1.70. The molecule has 1 unspecified atom stereocenters. The molecule has 144 valence electrons. The number of benzene rings is 3. The van der Waals surface area contributed by atoms with Crippen LogP contribution in [0.2, 0.25) is 0 Å². The van der Waals surface area contributed by atoms with Crippen molar-refractivity contribution in [3.05, 3.63) is 101 Å². The van der Waals surface area contributed by atoms with E-state index in [1.54, 1.807) is 79.9 Å². The molecule has 1 aliphatic rings. The first-order valence-electron chi connectivity index (χ1n) is 9.28.